The minimum Gasteiger partial charge on any atom is -0.462 e. The van der Waals surface area contributed by atoms with Gasteiger partial charge in [-0.1, -0.05) is 6.92 Å². The molecule has 1 atom stereocenters. The maximum absolute atomic E-state index is 12.0. The van der Waals surface area contributed by atoms with Crippen molar-refractivity contribution in [3.63, 3.8) is 0 Å². The molecule has 0 bridgehead atoms. The Kier molecular flexibility index (Phi) is 4.70. The molecule has 1 unspecified atom stereocenters. The van der Waals surface area contributed by atoms with Gasteiger partial charge in [-0.3, -0.25) is 4.79 Å². The van der Waals surface area contributed by atoms with E-state index in [9.17, 15) is 9.59 Å². The number of carbonyl (C=O) groups is 1. The quantitative estimate of drug-likeness (QED) is 0.773. The molecule has 0 saturated carbocycles. The van der Waals surface area contributed by atoms with Gasteiger partial charge >= 0.3 is 5.97 Å². The summed E-state index contributed by atoms with van der Waals surface area (Å²) in [5.41, 5.74) is 1.81. The van der Waals surface area contributed by atoms with Gasteiger partial charge in [-0.2, -0.15) is 0 Å². The van der Waals surface area contributed by atoms with Crippen LogP contribution in [0.1, 0.15) is 54.8 Å². The zero-order chi connectivity index (χ0) is 13.9. The van der Waals surface area contributed by atoms with Gasteiger partial charge in [0.2, 0.25) is 0 Å². The fraction of sp³-hybridized carbons (Fsp3) is 0.571. The summed E-state index contributed by atoms with van der Waals surface area (Å²) < 4.78 is 6.71. The number of ether oxygens (including phenoxy) is 1. The number of aromatic nitrogens is 1. The molecule has 0 radical (unpaired) electrons. The second-order valence-electron chi connectivity index (χ2n) is 4.47. The van der Waals surface area contributed by atoms with Crippen LogP contribution in [0, 0.1) is 13.8 Å². The highest BCUT2D eigenvalue weighted by Gasteiger charge is 2.19. The molecule has 0 aromatic carbocycles. The second kappa shape index (κ2) is 5.85. The number of aryl methyl sites for hydroxylation is 1. The van der Waals surface area contributed by atoms with Gasteiger partial charge < -0.3 is 9.30 Å². The van der Waals surface area contributed by atoms with Crippen LogP contribution in [0.4, 0.5) is 0 Å². The third-order valence-electron chi connectivity index (χ3n) is 3.21. The fourth-order valence-corrected chi connectivity index (χ4v) is 2.14. The molecule has 0 N–H and O–H groups in total. The van der Waals surface area contributed by atoms with Crippen molar-refractivity contribution < 1.29 is 9.53 Å². The highest BCUT2D eigenvalue weighted by molar-refractivity contribution is 5.92. The molecule has 1 aromatic rings. The first kappa shape index (κ1) is 14.5. The van der Waals surface area contributed by atoms with E-state index >= 15 is 0 Å². The predicted octanol–water partition coefficient (Wildman–Crippen LogP) is 2.61. The standard InChI is InChI=1S/C14H21NO3/c1-6-10(4)15-11(5)13(14(17)18-7-2)9(3)8-12(15)16/h8,10H,6-7H2,1-5H3. The molecule has 0 aliphatic carbocycles. The van der Waals surface area contributed by atoms with Crippen LogP contribution < -0.4 is 5.56 Å². The minimum absolute atomic E-state index is 0.0626. The molecule has 18 heavy (non-hydrogen) atoms. The minimum atomic E-state index is -0.357. The maximum Gasteiger partial charge on any atom is 0.340 e. The summed E-state index contributed by atoms with van der Waals surface area (Å²) in [5, 5.41) is 0. The first-order valence-corrected chi connectivity index (χ1v) is 6.33. The topological polar surface area (TPSA) is 48.3 Å². The van der Waals surface area contributed by atoms with E-state index in [1.165, 1.54) is 6.07 Å². The Bertz CT molecular complexity index is 502. The van der Waals surface area contributed by atoms with Gasteiger partial charge in [0.1, 0.15) is 0 Å². The Morgan fingerprint density at radius 1 is 1.39 bits per heavy atom. The summed E-state index contributed by atoms with van der Waals surface area (Å²) in [6, 6.07) is 1.58. The zero-order valence-electron chi connectivity index (χ0n) is 11.7. The van der Waals surface area contributed by atoms with Crippen LogP contribution >= 0.6 is 0 Å². The molecule has 4 nitrogen and oxygen atoms in total. The average Bonchev–Trinajstić information content (AvgIpc) is 2.28. The summed E-state index contributed by atoms with van der Waals surface area (Å²) in [5.74, 6) is -0.357. The lowest BCUT2D eigenvalue weighted by Gasteiger charge is -2.19. The lowest BCUT2D eigenvalue weighted by Crippen LogP contribution is -2.28. The van der Waals surface area contributed by atoms with Crippen molar-refractivity contribution >= 4 is 5.97 Å². The van der Waals surface area contributed by atoms with Crippen LogP contribution in [0.5, 0.6) is 0 Å². The van der Waals surface area contributed by atoms with Gasteiger partial charge in [0.25, 0.3) is 5.56 Å². The summed E-state index contributed by atoms with van der Waals surface area (Å²) in [6.45, 7) is 9.65. The molecule has 0 saturated heterocycles. The van der Waals surface area contributed by atoms with E-state index in [2.05, 4.69) is 0 Å². The molecule has 1 aromatic heterocycles. The van der Waals surface area contributed by atoms with E-state index in [0.717, 1.165) is 6.42 Å². The summed E-state index contributed by atoms with van der Waals surface area (Å²) >= 11 is 0. The number of nitrogens with zero attached hydrogens (tertiary/aromatic N) is 1. The first-order chi connectivity index (χ1) is 8.43. The molecule has 0 fully saturated rings. The lowest BCUT2D eigenvalue weighted by atomic mass is 10.1. The SMILES string of the molecule is CCOC(=O)c1c(C)cc(=O)n(C(C)CC)c1C. The summed E-state index contributed by atoms with van der Waals surface area (Å²) in [4.78, 5) is 23.9. The number of hydrogen-bond donors (Lipinski definition) is 0. The number of hydrogen-bond acceptors (Lipinski definition) is 3. The lowest BCUT2D eigenvalue weighted by molar-refractivity contribution is 0.0523. The number of rotatable bonds is 4. The van der Waals surface area contributed by atoms with Crippen LogP contribution in [-0.2, 0) is 4.74 Å². The van der Waals surface area contributed by atoms with Gasteiger partial charge in [-0.15, -0.1) is 0 Å². The monoisotopic (exact) mass is 251 g/mol. The number of carbonyl (C=O) groups excluding carboxylic acids is 1. The van der Waals surface area contributed by atoms with Crippen LogP contribution in [0.15, 0.2) is 10.9 Å². The van der Waals surface area contributed by atoms with Crippen molar-refractivity contribution in [3.05, 3.63) is 33.2 Å². The van der Waals surface area contributed by atoms with Gasteiger partial charge in [0.15, 0.2) is 0 Å². The van der Waals surface area contributed by atoms with Crippen molar-refractivity contribution in [2.45, 2.75) is 47.1 Å². The van der Waals surface area contributed by atoms with E-state index in [-0.39, 0.29) is 17.6 Å². The normalized spacial score (nSPS) is 12.3. The van der Waals surface area contributed by atoms with Gasteiger partial charge in [0.05, 0.1) is 12.2 Å². The maximum atomic E-state index is 12.0. The largest absolute Gasteiger partial charge is 0.462 e. The van der Waals surface area contributed by atoms with Gasteiger partial charge in [-0.25, -0.2) is 4.79 Å². The molecule has 100 valence electrons. The zero-order valence-corrected chi connectivity index (χ0v) is 11.7. The van der Waals surface area contributed by atoms with Crippen LogP contribution in [-0.4, -0.2) is 17.1 Å². The first-order valence-electron chi connectivity index (χ1n) is 6.33. The Labute approximate surface area is 108 Å². The summed E-state index contributed by atoms with van der Waals surface area (Å²) in [6.07, 6.45) is 0.839. The van der Waals surface area contributed by atoms with E-state index in [1.807, 2.05) is 13.8 Å². The molecule has 4 heteroatoms. The van der Waals surface area contributed by atoms with Crippen molar-refractivity contribution in [1.82, 2.24) is 4.57 Å². The molecular weight excluding hydrogens is 230 g/mol. The van der Waals surface area contributed by atoms with Crippen molar-refractivity contribution in [1.29, 1.82) is 0 Å². The van der Waals surface area contributed by atoms with Crippen LogP contribution in [0.25, 0.3) is 0 Å². The molecule has 0 spiro atoms. The van der Waals surface area contributed by atoms with Crippen molar-refractivity contribution in [2.24, 2.45) is 0 Å². The Morgan fingerprint density at radius 2 is 2.00 bits per heavy atom. The van der Waals surface area contributed by atoms with Crippen molar-refractivity contribution in [2.75, 3.05) is 6.61 Å². The Hall–Kier alpha value is -1.58. The van der Waals surface area contributed by atoms with Gasteiger partial charge in [-0.05, 0) is 39.7 Å². The number of pyridine rings is 1. The molecule has 1 rings (SSSR count). The molecular formula is C14H21NO3. The predicted molar refractivity (Wildman–Crippen MR) is 71.1 cm³/mol. The number of esters is 1. The van der Waals surface area contributed by atoms with Gasteiger partial charge in [0, 0.05) is 17.8 Å². The van der Waals surface area contributed by atoms with Crippen molar-refractivity contribution in [3.8, 4) is 0 Å². The third kappa shape index (κ3) is 2.63. The molecule has 0 aliphatic rings. The second-order valence-corrected chi connectivity index (χ2v) is 4.47. The van der Waals surface area contributed by atoms with E-state index < -0.39 is 0 Å². The summed E-state index contributed by atoms with van der Waals surface area (Å²) in [7, 11) is 0. The highest BCUT2D eigenvalue weighted by Crippen LogP contribution is 2.17. The van der Waals surface area contributed by atoms with Crippen LogP contribution in [0.3, 0.4) is 0 Å². The smallest absolute Gasteiger partial charge is 0.340 e. The van der Waals surface area contributed by atoms with Crippen LogP contribution in [0.2, 0.25) is 0 Å². The van der Waals surface area contributed by atoms with E-state index in [0.29, 0.717) is 23.4 Å². The van der Waals surface area contributed by atoms with E-state index in [4.69, 9.17) is 4.74 Å². The Balaban J connectivity index is 3.45. The Morgan fingerprint density at radius 3 is 2.50 bits per heavy atom. The third-order valence-corrected chi connectivity index (χ3v) is 3.21. The average molecular weight is 251 g/mol. The molecule has 0 amide bonds. The highest BCUT2D eigenvalue weighted by atomic mass is 16.5. The van der Waals surface area contributed by atoms with E-state index in [1.54, 1.807) is 25.3 Å². The molecule has 1 heterocycles. The fourth-order valence-electron chi connectivity index (χ4n) is 2.14. The molecule has 0 aliphatic heterocycles.